The van der Waals surface area contributed by atoms with E-state index in [4.69, 9.17) is 25.3 Å². The number of ether oxygens (including phenoxy) is 2. The summed E-state index contributed by atoms with van der Waals surface area (Å²) in [6, 6.07) is 26.4. The van der Waals surface area contributed by atoms with Crippen molar-refractivity contribution in [2.24, 2.45) is 26.9 Å². The summed E-state index contributed by atoms with van der Waals surface area (Å²) in [4.78, 5) is 23.4. The molecule has 3 aliphatic carbocycles. The van der Waals surface area contributed by atoms with Crippen molar-refractivity contribution in [1.29, 1.82) is 0 Å². The van der Waals surface area contributed by atoms with Crippen LogP contribution in [-0.2, 0) is 40.1 Å². The number of carbonyl (C=O) groups excluding carboxylic acids is 2. The zero-order valence-electron chi connectivity index (χ0n) is 46.9. The summed E-state index contributed by atoms with van der Waals surface area (Å²) in [5, 5.41) is 35.0. The van der Waals surface area contributed by atoms with E-state index in [1.54, 1.807) is 17.9 Å². The molecule has 0 aliphatic heterocycles. The van der Waals surface area contributed by atoms with E-state index in [2.05, 4.69) is 205 Å². The van der Waals surface area contributed by atoms with Gasteiger partial charge in [0, 0.05) is 106 Å². The Balaban J connectivity index is 0.000000342. The van der Waals surface area contributed by atoms with Crippen molar-refractivity contribution in [3.05, 3.63) is 137 Å². The second-order valence-corrected chi connectivity index (χ2v) is 36.0. The van der Waals surface area contributed by atoms with Gasteiger partial charge in [-0.1, -0.05) is 104 Å². The number of carbonyl (C=O) groups is 2. The van der Waals surface area contributed by atoms with Crippen LogP contribution in [0.15, 0.2) is 110 Å². The van der Waals surface area contributed by atoms with E-state index >= 15 is 0 Å². The van der Waals surface area contributed by atoms with Gasteiger partial charge in [0.1, 0.15) is 11.2 Å². The van der Waals surface area contributed by atoms with Crippen LogP contribution in [0, 0.1) is 10.5 Å². The first-order valence-electron chi connectivity index (χ1n) is 25.6. The first kappa shape index (κ1) is 71.7. The molecule has 0 saturated heterocycles. The molecule has 22 heteroatoms. The van der Waals surface area contributed by atoms with E-state index in [-0.39, 0.29) is 36.7 Å². The van der Waals surface area contributed by atoms with E-state index in [0.717, 1.165) is 46.3 Å². The van der Waals surface area contributed by atoms with Crippen LogP contribution in [0.5, 0.6) is 0 Å². The van der Waals surface area contributed by atoms with Crippen molar-refractivity contribution in [2.45, 2.75) is 145 Å². The molecule has 3 heterocycles. The van der Waals surface area contributed by atoms with Crippen LogP contribution in [0.2, 0.25) is 0 Å². The number of hydrogen-bond acceptors (Lipinski definition) is 10. The molecule has 78 heavy (non-hydrogen) atoms. The second kappa shape index (κ2) is 35.5. The van der Waals surface area contributed by atoms with Gasteiger partial charge >= 0.3 is 68.7 Å². The number of amides is 2. The molecule has 9 rings (SSSR count). The molecule has 7 unspecified atom stereocenters. The van der Waals surface area contributed by atoms with E-state index in [9.17, 15) is 9.59 Å². The van der Waals surface area contributed by atoms with E-state index in [1.807, 2.05) is 92.0 Å². The Morgan fingerprint density at radius 3 is 1.27 bits per heavy atom. The van der Waals surface area contributed by atoms with E-state index in [1.165, 1.54) is 43.1 Å². The van der Waals surface area contributed by atoms with Gasteiger partial charge in [0.25, 0.3) is 0 Å². The Labute approximate surface area is 526 Å². The van der Waals surface area contributed by atoms with Gasteiger partial charge in [-0.3, -0.25) is 14.0 Å². The number of nitrogens with two attached hydrogens (primary N) is 1. The molecule has 0 spiro atoms. The topological polar surface area (TPSA) is 197 Å². The van der Waals surface area contributed by atoms with E-state index < -0.39 is 18.3 Å². The van der Waals surface area contributed by atoms with E-state index in [0.29, 0.717) is 38.7 Å². The van der Waals surface area contributed by atoms with Gasteiger partial charge < -0.3 is 42.8 Å². The summed E-state index contributed by atoms with van der Waals surface area (Å²) >= 11 is 9.43. The number of aromatic nitrogens is 6. The number of nitrogens with zero attached hydrogens (tertiary/aromatic N) is 6. The van der Waals surface area contributed by atoms with Gasteiger partial charge in [-0.05, 0) is 130 Å². The molecule has 3 aliphatic rings. The third-order valence-electron chi connectivity index (χ3n) is 11.5. The van der Waals surface area contributed by atoms with Crippen molar-refractivity contribution in [1.82, 2.24) is 40.0 Å². The minimum absolute atomic E-state index is 0. The Hall–Kier alpha value is -2.43. The number of aryl methyl sites for hydroxylation is 3. The molecule has 15 nitrogen and oxygen atoms in total. The molecule has 3 aromatic carbocycles. The monoisotopic (exact) mass is 1580 g/mol. The molecule has 0 bridgehead atoms. The number of benzene rings is 3. The van der Waals surface area contributed by atoms with Gasteiger partial charge in [-0.2, -0.15) is 21.7 Å². The summed E-state index contributed by atoms with van der Waals surface area (Å²) in [6.07, 6.45) is 15.5. The Morgan fingerprint density at radius 2 is 1.01 bits per heavy atom. The number of nitrogens with one attached hydrogen (secondary N) is 2. The fourth-order valence-electron chi connectivity index (χ4n) is 7.23. The number of alkyl carbamates (subject to hydrolysis) is 2. The number of halogens is 5. The number of rotatable bonds is 9. The Bertz CT molecular complexity index is 2650. The fraction of sp³-hybridized carbons (Fsp3) is 0.464. The zero-order chi connectivity index (χ0) is 57.6. The predicted molar refractivity (Wildman–Crippen MR) is 351 cm³/mol. The van der Waals surface area contributed by atoms with Crippen LogP contribution < -0.4 is 21.8 Å². The number of hydrogen-bond donors (Lipinski definition) is 5. The number of alkyl halides is 1. The molecular weight excluding hydrogens is 1500 g/mol. The van der Waals surface area contributed by atoms with Crippen molar-refractivity contribution >= 4 is 122 Å². The molecule has 6 aromatic rings. The van der Waals surface area contributed by atoms with Crippen LogP contribution >= 0.6 is 97.5 Å². The maximum atomic E-state index is 11.8. The van der Waals surface area contributed by atoms with Crippen LogP contribution in [0.1, 0.15) is 129 Å². The second-order valence-electron chi connectivity index (χ2n) is 20.9. The van der Waals surface area contributed by atoms with Crippen LogP contribution in [-0.4, -0.2) is 91.9 Å². The normalized spacial score (nSPS) is 18.4. The molecule has 3 saturated carbocycles. The standard InChI is InChI=1S/C18H23N3O2.C14H18INO2.C13H15N3.C4H7BN2O2.C4H9I.C3H7.ClH.2HI.V/c1-18(2,3)23-17(22)20-16-9-15(16)13-7-5-12(6-8-13)14-10-19-21(4)11-14;1-14(2,3)18-13(17)16-12-8-11(12)9-4-6-10(15)7-5-9;1-16-8-11(7-15-16)9-2-4-10(5-3-9)12-6-13(12)14;1-7-3-4(2-6-7)5(8)9;1-3-4(2)5;1-3-2;;;;/h5-8,10-11,15-16H,9H2,1-4H3,(H,20,22);4-7,11-12H,8H2,1-3H3,(H,16,17);2-5,7-8,12-13H,6,14H2,1H3;2-3,8-9H,1H3;4H,3H2,1-2H3;1,3H2,2H3;3*1H;/q;;;;;-1;;;;+2/p-2. The molecular formula is C56H80BClI4N9O6V-. The first-order chi connectivity index (χ1) is 36.2. The molecule has 6 N–H and O–H groups in total. The zero-order valence-corrected chi connectivity index (χ0v) is 57.8. The molecule has 7 atom stereocenters. The van der Waals surface area contributed by atoms with Crippen molar-refractivity contribution in [2.75, 3.05) is 0 Å². The summed E-state index contributed by atoms with van der Waals surface area (Å²) in [7, 11) is 4.78. The van der Waals surface area contributed by atoms with Crippen LogP contribution in [0.3, 0.4) is 0 Å². The molecule has 0 radical (unpaired) electrons. The van der Waals surface area contributed by atoms with Gasteiger partial charge in [-0.15, -0.1) is 12.4 Å². The Morgan fingerprint density at radius 1 is 0.692 bits per heavy atom. The minimum atomic E-state index is -1.40. The third-order valence-corrected chi connectivity index (χ3v) is 13.1. The van der Waals surface area contributed by atoms with Gasteiger partial charge in [0.05, 0.1) is 12.4 Å². The average Bonchev–Trinajstić information content (AvgIpc) is 4.29. The van der Waals surface area contributed by atoms with Crippen LogP contribution in [0.4, 0.5) is 9.59 Å². The van der Waals surface area contributed by atoms with Crippen molar-refractivity contribution in [3.63, 3.8) is 0 Å². The molecule has 429 valence electrons. The van der Waals surface area contributed by atoms with Gasteiger partial charge in [0.15, 0.2) is 0 Å². The Kier molecular flexibility index (Phi) is 32.7. The van der Waals surface area contributed by atoms with Crippen molar-refractivity contribution in [3.8, 4) is 22.3 Å². The first-order valence-corrected chi connectivity index (χ1v) is 36.9. The average molecular weight is 1580 g/mol. The maximum absolute atomic E-state index is 11.8. The molecule has 3 aromatic heterocycles. The fourth-order valence-corrected chi connectivity index (χ4v) is 7.59. The molecule has 3 fully saturated rings. The van der Waals surface area contributed by atoms with Crippen molar-refractivity contribution < 1.29 is 38.6 Å². The molecule has 2 amide bonds. The summed E-state index contributed by atoms with van der Waals surface area (Å²) in [6.45, 7) is 21.1. The van der Waals surface area contributed by atoms with Gasteiger partial charge in [-0.25, -0.2) is 9.59 Å². The summed E-state index contributed by atoms with van der Waals surface area (Å²) in [5.74, 6) is 1.41. The predicted octanol–water partition coefficient (Wildman–Crippen LogP) is 12.8. The van der Waals surface area contributed by atoms with Gasteiger partial charge in [0.2, 0.25) is 0 Å². The summed E-state index contributed by atoms with van der Waals surface area (Å²) in [5.41, 5.74) is 13.9. The summed E-state index contributed by atoms with van der Waals surface area (Å²) < 4.78 is 17.7. The SMILES string of the molecule is CC(C)(C)OC(=O)NC1CC1c1ccc(I)cc1.CCC(C)I.Cl.Cn1cc(-c2ccc(C3CC3N)cc2)cn1.Cn1cc(-c2ccc(C3CC3NC(=O)OC(C)(C)C)cc2)cn1.Cn1cc(B(O)O)cn1.[CH2-]CC.[I][V][I]. The third kappa shape index (κ3) is 28.5. The van der Waals surface area contributed by atoms with Crippen LogP contribution in [0.25, 0.3) is 22.3 Å². The quantitative estimate of drug-likeness (QED) is 0.0402.